The van der Waals surface area contributed by atoms with E-state index >= 15 is 0 Å². The van der Waals surface area contributed by atoms with Crippen molar-refractivity contribution in [3.8, 4) is 11.5 Å². The average Bonchev–Trinajstić information content (AvgIpc) is 3.06. The predicted molar refractivity (Wildman–Crippen MR) is 121 cm³/mol. The van der Waals surface area contributed by atoms with Gasteiger partial charge in [-0.2, -0.15) is 4.90 Å². The fraction of sp³-hybridized carbons (Fsp3) is 0.292. The Hall–Kier alpha value is -3.74. The number of urea groups is 1. The molecule has 0 saturated carbocycles. The number of rotatable bonds is 2. The first-order valence-corrected chi connectivity index (χ1v) is 11.7. The molecule has 13 heteroatoms. The molecular weight excluding hydrogens is 565 g/mol. The molecule has 0 bridgehead atoms. The van der Waals surface area contributed by atoms with E-state index in [1.54, 1.807) is 6.08 Å². The van der Waals surface area contributed by atoms with Crippen molar-refractivity contribution < 1.29 is 47.0 Å². The lowest BCUT2D eigenvalue weighted by Gasteiger charge is -2.42. The van der Waals surface area contributed by atoms with E-state index in [0.29, 0.717) is 10.5 Å². The van der Waals surface area contributed by atoms with Crippen LogP contribution >= 0.6 is 15.9 Å². The number of carbonyl (C=O) groups is 5. The summed E-state index contributed by atoms with van der Waals surface area (Å²) in [6, 6.07) is 1.52. The Kier molecular flexibility index (Phi) is 5.66. The molecule has 1 fully saturated rings. The third-order valence-electron chi connectivity index (χ3n) is 7.10. The number of hydrogen-bond donors (Lipinski definition) is 2. The van der Waals surface area contributed by atoms with Crippen molar-refractivity contribution in [1.29, 1.82) is 0 Å². The SMILES string of the molecule is NC(=O)N1C(=O)[C@H]2[C@H](CC=C3[C@H](c4cc(OC(F)(F)F)ccc4O)C4=C(C[C@H]32)C(=O)C(Br)=CC4=O)C1=O. The molecule has 4 aliphatic rings. The molecule has 0 unspecified atom stereocenters. The molecule has 3 N–H and O–H groups in total. The third kappa shape index (κ3) is 3.88. The van der Waals surface area contributed by atoms with Crippen LogP contribution in [0.2, 0.25) is 0 Å². The lowest BCUT2D eigenvalue weighted by molar-refractivity contribution is -0.274. The summed E-state index contributed by atoms with van der Waals surface area (Å²) >= 11 is 3.04. The molecule has 0 aromatic heterocycles. The van der Waals surface area contributed by atoms with E-state index in [1.165, 1.54) is 0 Å². The van der Waals surface area contributed by atoms with Gasteiger partial charge in [0.2, 0.25) is 11.8 Å². The number of phenolic OH excluding ortho intramolecular Hbond substituents is 1. The number of phenols is 1. The number of allylic oxidation sites excluding steroid dienone is 6. The quantitative estimate of drug-likeness (QED) is 0.310. The van der Waals surface area contributed by atoms with Crippen molar-refractivity contribution in [1.82, 2.24) is 4.90 Å². The molecule has 5 rings (SSSR count). The van der Waals surface area contributed by atoms with Gasteiger partial charge in [-0.05, 0) is 52.9 Å². The van der Waals surface area contributed by atoms with Gasteiger partial charge in [-0.1, -0.05) is 11.6 Å². The van der Waals surface area contributed by atoms with Crippen molar-refractivity contribution in [2.24, 2.45) is 23.5 Å². The summed E-state index contributed by atoms with van der Waals surface area (Å²) in [5.41, 5.74) is 5.38. The van der Waals surface area contributed by atoms with Crippen LogP contribution in [0.15, 0.2) is 51.6 Å². The normalized spacial score (nSPS) is 27.4. The number of amides is 4. The van der Waals surface area contributed by atoms with Gasteiger partial charge in [0.15, 0.2) is 11.6 Å². The van der Waals surface area contributed by atoms with Gasteiger partial charge in [-0.3, -0.25) is 19.2 Å². The fourth-order valence-electron chi connectivity index (χ4n) is 5.74. The molecule has 37 heavy (non-hydrogen) atoms. The van der Waals surface area contributed by atoms with Crippen LogP contribution in [0.25, 0.3) is 0 Å². The van der Waals surface area contributed by atoms with Crippen LogP contribution in [0.4, 0.5) is 18.0 Å². The Bertz CT molecular complexity index is 1410. The lowest BCUT2D eigenvalue weighted by Crippen LogP contribution is -2.42. The summed E-state index contributed by atoms with van der Waals surface area (Å²) in [7, 11) is 0. The van der Waals surface area contributed by atoms with Gasteiger partial charge in [-0.25, -0.2) is 4.79 Å². The van der Waals surface area contributed by atoms with Gasteiger partial charge < -0.3 is 15.6 Å². The van der Waals surface area contributed by atoms with Crippen LogP contribution in [0.3, 0.4) is 0 Å². The number of primary amides is 1. The van der Waals surface area contributed by atoms with Crippen LogP contribution < -0.4 is 10.5 Å². The summed E-state index contributed by atoms with van der Waals surface area (Å²) < 4.78 is 42.7. The number of ether oxygens (including phenoxy) is 1. The standard InChI is InChI=1S/C24H16BrF3N2O7/c25-14-7-16(32)19-13(20(14)33)6-11-9(2-3-10-18(11)22(35)30(21(10)34)23(29)36)17(19)12-5-8(1-4-15(12)31)37-24(26,27)28/h1-2,4-5,7,10-11,17-18,31H,3,6H2,(H2,29,36)/t10-,11+,17+,18-/m0/s1. The number of fused-ring (bicyclic) bond motifs is 3. The number of Topliss-reactive ketones (excluding diaryl/α,β-unsaturated/α-hetero) is 1. The largest absolute Gasteiger partial charge is 0.573 e. The summed E-state index contributed by atoms with van der Waals surface area (Å²) in [6.07, 6.45) is -2.60. The maximum absolute atomic E-state index is 13.1. The number of benzene rings is 1. The van der Waals surface area contributed by atoms with E-state index in [2.05, 4.69) is 20.7 Å². The second kappa shape index (κ2) is 8.40. The van der Waals surface area contributed by atoms with E-state index in [-0.39, 0.29) is 34.0 Å². The Morgan fingerprint density at radius 3 is 2.49 bits per heavy atom. The molecule has 1 heterocycles. The molecule has 1 aromatic rings. The summed E-state index contributed by atoms with van der Waals surface area (Å²) in [5.74, 6) is -8.11. The number of hydrogen-bond acceptors (Lipinski definition) is 7. The molecular formula is C24H16BrF3N2O7. The average molecular weight is 581 g/mol. The van der Waals surface area contributed by atoms with Crippen molar-refractivity contribution in [2.45, 2.75) is 25.1 Å². The zero-order valence-corrected chi connectivity index (χ0v) is 20.1. The third-order valence-corrected chi connectivity index (χ3v) is 7.68. The molecule has 0 spiro atoms. The topological polar surface area (TPSA) is 144 Å². The second-order valence-corrected chi connectivity index (χ2v) is 9.87. The van der Waals surface area contributed by atoms with E-state index in [9.17, 15) is 42.3 Å². The maximum atomic E-state index is 13.1. The summed E-state index contributed by atoms with van der Waals surface area (Å²) in [4.78, 5) is 64.3. The summed E-state index contributed by atoms with van der Waals surface area (Å²) in [6.45, 7) is 0. The molecule has 0 radical (unpaired) electrons. The van der Waals surface area contributed by atoms with Crippen molar-refractivity contribution in [2.75, 3.05) is 0 Å². The molecule has 4 atom stereocenters. The molecule has 1 aliphatic heterocycles. The number of carbonyl (C=O) groups excluding carboxylic acids is 5. The highest BCUT2D eigenvalue weighted by Gasteiger charge is 2.57. The Morgan fingerprint density at radius 1 is 1.14 bits per heavy atom. The van der Waals surface area contributed by atoms with Crippen molar-refractivity contribution in [3.05, 3.63) is 57.1 Å². The fourth-order valence-corrected chi connectivity index (χ4v) is 6.19. The van der Waals surface area contributed by atoms with Gasteiger partial charge in [0.25, 0.3) is 0 Å². The number of likely N-dealkylation sites (tertiary alicyclic amines) is 1. The van der Waals surface area contributed by atoms with Crippen molar-refractivity contribution in [3.63, 3.8) is 0 Å². The van der Waals surface area contributed by atoms with Gasteiger partial charge in [-0.15, -0.1) is 13.2 Å². The number of ketones is 2. The monoisotopic (exact) mass is 580 g/mol. The lowest BCUT2D eigenvalue weighted by atomic mass is 9.59. The first kappa shape index (κ1) is 24.9. The minimum Gasteiger partial charge on any atom is -0.508 e. The second-order valence-electron chi connectivity index (χ2n) is 9.01. The van der Waals surface area contributed by atoms with Crippen LogP contribution in [0.1, 0.15) is 24.3 Å². The van der Waals surface area contributed by atoms with Gasteiger partial charge in [0, 0.05) is 28.7 Å². The Labute approximate surface area is 214 Å². The Morgan fingerprint density at radius 2 is 1.84 bits per heavy atom. The predicted octanol–water partition coefficient (Wildman–Crippen LogP) is 3.13. The first-order chi connectivity index (χ1) is 17.3. The van der Waals surface area contributed by atoms with E-state index in [0.717, 1.165) is 24.3 Å². The van der Waals surface area contributed by atoms with E-state index in [4.69, 9.17) is 5.73 Å². The van der Waals surface area contributed by atoms with Gasteiger partial charge >= 0.3 is 12.4 Å². The zero-order chi connectivity index (χ0) is 27.0. The van der Waals surface area contributed by atoms with Gasteiger partial charge in [0.1, 0.15) is 11.5 Å². The maximum Gasteiger partial charge on any atom is 0.573 e. The molecule has 1 saturated heterocycles. The highest BCUT2D eigenvalue weighted by Crippen LogP contribution is 2.56. The number of nitrogens with two attached hydrogens (primary N) is 1. The highest BCUT2D eigenvalue weighted by atomic mass is 79.9. The minimum absolute atomic E-state index is 0.00788. The van der Waals surface area contributed by atoms with Crippen LogP contribution in [0.5, 0.6) is 11.5 Å². The number of halogens is 4. The van der Waals surface area contributed by atoms with Crippen LogP contribution in [-0.2, 0) is 19.2 Å². The number of imide groups is 3. The first-order valence-electron chi connectivity index (χ1n) is 10.9. The number of nitrogens with zero attached hydrogens (tertiary/aromatic N) is 1. The summed E-state index contributed by atoms with van der Waals surface area (Å²) in [5, 5.41) is 10.7. The smallest absolute Gasteiger partial charge is 0.508 e. The molecule has 4 amide bonds. The van der Waals surface area contributed by atoms with Crippen LogP contribution in [0, 0.1) is 17.8 Å². The van der Waals surface area contributed by atoms with E-state index < -0.39 is 70.9 Å². The molecule has 9 nitrogen and oxygen atoms in total. The highest BCUT2D eigenvalue weighted by molar-refractivity contribution is 9.12. The van der Waals surface area contributed by atoms with Crippen molar-refractivity contribution >= 4 is 45.3 Å². The molecule has 192 valence electrons. The zero-order valence-electron chi connectivity index (χ0n) is 18.5. The minimum atomic E-state index is -5.04. The van der Waals surface area contributed by atoms with Crippen LogP contribution in [-0.4, -0.2) is 45.8 Å². The molecule has 3 aliphatic carbocycles. The number of alkyl halides is 3. The molecule has 1 aromatic carbocycles. The van der Waals surface area contributed by atoms with Gasteiger partial charge in [0.05, 0.1) is 16.3 Å². The van der Waals surface area contributed by atoms with E-state index in [1.807, 2.05) is 0 Å². The Balaban J connectivity index is 1.70. The number of aromatic hydroxyl groups is 1.